The van der Waals surface area contributed by atoms with Crippen LogP contribution in [-0.2, 0) is 60.5 Å². The van der Waals surface area contributed by atoms with Crippen molar-refractivity contribution in [2.24, 2.45) is 17.8 Å². The highest BCUT2D eigenvalue weighted by Gasteiger charge is 2.48. The molecule has 13 aromatic rings. The minimum atomic E-state index is -4.30. The molecule has 134 heavy (non-hydrogen) atoms. The van der Waals surface area contributed by atoms with Crippen LogP contribution >= 0.6 is 10.5 Å². The molecular weight excluding hydrogens is 1780 g/mol. The average Bonchev–Trinajstić information content (AvgIpc) is 1.60. The Bertz CT molecular complexity index is 5700. The van der Waals surface area contributed by atoms with E-state index in [1.54, 1.807) is 12.1 Å². The summed E-state index contributed by atoms with van der Waals surface area (Å²) in [6, 6.07) is 108. The van der Waals surface area contributed by atoms with E-state index in [0.29, 0.717) is 17.2 Å². The van der Waals surface area contributed by atoms with E-state index in [0.717, 1.165) is 25.7 Å². The van der Waals surface area contributed by atoms with Crippen LogP contribution in [0.2, 0.25) is 0 Å². The number of esters is 3. The first-order chi connectivity index (χ1) is 63.5. The topological polar surface area (TPSA) is 236 Å². The van der Waals surface area contributed by atoms with Crippen LogP contribution in [-0.4, -0.2) is 97.0 Å². The summed E-state index contributed by atoms with van der Waals surface area (Å²) in [4.78, 5) is 76.7. The van der Waals surface area contributed by atoms with Crippen LogP contribution in [0.15, 0.2) is 357 Å². The Morgan fingerprint density at radius 2 is 0.709 bits per heavy atom. The molecule has 0 N–H and O–H groups in total. The molecule has 1 aliphatic rings. The molecule has 704 valence electrons. The SMILES string of the molecule is CC(C)(C)Oc1ccc(C(=O)OCC(F)(F)C(=O)[O-])cc1.CC(C)(C)c1ccc([S+](c2ccccc2)c2ccccc2)cc1.CC(C)C(OC(=O)c1ccc(OC2(C)CCCC2)cc1)C(F)(F)C(=O)[O-].COC(Oc1ccc(C(=O)OC(C(C)C)C(F)(F)C(=O)[O-])cc1)C(C)C.c1ccc(-[s+]2c3ccccc3c3ccccc32)cc1.c1ccc([S+](c2ccccc2)c2ccccc2)cc1. The molecule has 1 saturated carbocycles. The van der Waals surface area contributed by atoms with E-state index in [9.17, 15) is 70.4 Å². The van der Waals surface area contributed by atoms with Crippen molar-refractivity contribution >= 4 is 88.2 Å². The third-order valence-electron chi connectivity index (χ3n) is 20.7. The zero-order chi connectivity index (χ0) is 97.7. The second-order valence-corrected chi connectivity index (χ2v) is 40.6. The summed E-state index contributed by atoms with van der Waals surface area (Å²) in [7, 11) is 1.50. The van der Waals surface area contributed by atoms with Crippen LogP contribution in [0, 0.1) is 17.8 Å². The lowest BCUT2D eigenvalue weighted by Gasteiger charge is -2.30. The van der Waals surface area contributed by atoms with Gasteiger partial charge in [-0.1, -0.05) is 208 Å². The van der Waals surface area contributed by atoms with Crippen molar-refractivity contribution in [1.29, 1.82) is 0 Å². The number of rotatable bonds is 28. The van der Waals surface area contributed by atoms with E-state index < -0.39 is 96.1 Å². The highest BCUT2D eigenvalue weighted by Crippen LogP contribution is 2.48. The van der Waals surface area contributed by atoms with Crippen molar-refractivity contribution < 1.29 is 104 Å². The van der Waals surface area contributed by atoms with Crippen LogP contribution in [0.1, 0.15) is 152 Å². The van der Waals surface area contributed by atoms with Crippen molar-refractivity contribution in [3.05, 3.63) is 350 Å². The Morgan fingerprint density at radius 3 is 1.03 bits per heavy atom. The van der Waals surface area contributed by atoms with E-state index in [-0.39, 0.29) is 65.9 Å². The number of carbonyl (C=O) groups excluding carboxylic acids is 6. The maximum atomic E-state index is 13.7. The molecule has 3 atom stereocenters. The van der Waals surface area contributed by atoms with Gasteiger partial charge in [-0.3, -0.25) is 0 Å². The number of hydrogen-bond donors (Lipinski definition) is 0. The van der Waals surface area contributed by atoms with Gasteiger partial charge in [0.15, 0.2) is 62.5 Å². The summed E-state index contributed by atoms with van der Waals surface area (Å²) in [5, 5.41) is 34.2. The van der Waals surface area contributed by atoms with Gasteiger partial charge in [-0.05, 0) is 258 Å². The van der Waals surface area contributed by atoms with Crippen molar-refractivity contribution in [3.63, 3.8) is 0 Å². The van der Waals surface area contributed by atoms with Gasteiger partial charge in [0.25, 0.3) is 0 Å². The maximum Gasteiger partial charge on any atom is 0.338 e. The van der Waals surface area contributed by atoms with Gasteiger partial charge in [0, 0.05) is 34.3 Å². The van der Waals surface area contributed by atoms with Crippen LogP contribution in [0.25, 0.3) is 25.1 Å². The predicted molar refractivity (Wildman–Crippen MR) is 509 cm³/mol. The maximum absolute atomic E-state index is 13.7. The number of fused-ring (bicyclic) bond motifs is 3. The third-order valence-corrected chi connectivity index (χ3v) is 27.5. The number of carboxylic acid groups (broad SMARTS) is 3. The summed E-state index contributed by atoms with van der Waals surface area (Å²) in [5.41, 5.74) is 0.942. The van der Waals surface area contributed by atoms with Crippen molar-refractivity contribution in [1.82, 2.24) is 0 Å². The number of benzene rings is 12. The number of hydrogen-bond acceptors (Lipinski definition) is 16. The molecule has 1 aliphatic carbocycles. The lowest BCUT2D eigenvalue weighted by Crippen LogP contribution is -2.53. The fraction of sp³-hybridized carbons (Fsp3) is 0.284. The number of alkyl halides is 6. The monoisotopic (exact) mass is 1890 g/mol. The molecule has 25 heteroatoms. The Labute approximate surface area is 788 Å². The van der Waals surface area contributed by atoms with E-state index in [1.807, 2.05) is 41.5 Å². The van der Waals surface area contributed by atoms with Crippen LogP contribution in [0.3, 0.4) is 0 Å². The quantitative estimate of drug-likeness (QED) is 0.0146. The lowest BCUT2D eigenvalue weighted by molar-refractivity contribution is -0.338. The molecule has 1 aromatic heterocycles. The average molecular weight is 1890 g/mol. The highest BCUT2D eigenvalue weighted by atomic mass is 32.2. The van der Waals surface area contributed by atoms with Gasteiger partial charge < -0.3 is 62.9 Å². The summed E-state index contributed by atoms with van der Waals surface area (Å²) >= 11 is 0. The number of aliphatic carboxylic acids is 3. The minimum Gasteiger partial charge on any atom is -0.544 e. The van der Waals surface area contributed by atoms with Gasteiger partial charge in [0.2, 0.25) is 6.29 Å². The first-order valence-electron chi connectivity index (χ1n) is 43.6. The van der Waals surface area contributed by atoms with Crippen molar-refractivity contribution in [2.75, 3.05) is 13.7 Å². The highest BCUT2D eigenvalue weighted by molar-refractivity contribution is 7.97. The molecule has 1 fully saturated rings. The second kappa shape index (κ2) is 48.3. The van der Waals surface area contributed by atoms with E-state index >= 15 is 0 Å². The molecule has 0 amide bonds. The number of halogens is 6. The van der Waals surface area contributed by atoms with Gasteiger partial charge in [0.1, 0.15) is 46.4 Å². The van der Waals surface area contributed by atoms with Crippen LogP contribution in [0.5, 0.6) is 17.2 Å². The molecule has 14 rings (SSSR count). The van der Waals surface area contributed by atoms with Crippen LogP contribution < -0.4 is 29.5 Å². The molecule has 16 nitrogen and oxygen atoms in total. The van der Waals surface area contributed by atoms with E-state index in [1.165, 1.54) is 155 Å². The second-order valence-electron chi connectivity index (χ2n) is 34.6. The Kier molecular flexibility index (Phi) is 37.9. The van der Waals surface area contributed by atoms with E-state index in [4.69, 9.17) is 28.4 Å². The first kappa shape index (κ1) is 105. The van der Waals surface area contributed by atoms with Crippen molar-refractivity contribution in [3.8, 4) is 22.1 Å². The van der Waals surface area contributed by atoms with Gasteiger partial charge in [-0.2, -0.15) is 26.3 Å². The third kappa shape index (κ3) is 29.9. The van der Waals surface area contributed by atoms with Gasteiger partial charge in [-0.15, -0.1) is 0 Å². The summed E-state index contributed by atoms with van der Waals surface area (Å²) < 4.78 is 119. The Hall–Kier alpha value is -12.7. The zero-order valence-electron chi connectivity index (χ0n) is 77.2. The fourth-order valence-electron chi connectivity index (χ4n) is 13.9. The molecular formula is C109H112F6O16S3. The molecule has 0 saturated heterocycles. The number of ether oxygens (including phenoxy) is 7. The minimum absolute atomic E-state index is 0.00501. The normalized spacial score (nSPS) is 13.1. The Balaban J connectivity index is 0.000000181. The smallest absolute Gasteiger partial charge is 0.338 e. The van der Waals surface area contributed by atoms with Crippen LogP contribution in [0.4, 0.5) is 26.3 Å². The van der Waals surface area contributed by atoms with Crippen molar-refractivity contribution in [2.45, 2.75) is 198 Å². The summed E-state index contributed by atoms with van der Waals surface area (Å²) in [6.45, 7) is 21.9. The molecule has 1 heterocycles. The van der Waals surface area contributed by atoms with Gasteiger partial charge in [-0.25, -0.2) is 14.4 Å². The summed E-state index contributed by atoms with van der Waals surface area (Å²) in [6.07, 6.45) is -0.645. The number of thiophene rings is 1. The molecule has 12 aromatic carbocycles. The lowest BCUT2D eigenvalue weighted by atomic mass is 9.87. The number of carbonyl (C=O) groups is 6. The molecule has 0 radical (unpaired) electrons. The van der Waals surface area contributed by atoms with E-state index in [2.05, 4.69) is 280 Å². The Morgan fingerprint density at radius 1 is 0.388 bits per heavy atom. The summed E-state index contributed by atoms with van der Waals surface area (Å²) in [5.74, 6) is -23.9. The molecule has 0 spiro atoms. The zero-order valence-corrected chi connectivity index (χ0v) is 79.7. The first-order valence-corrected chi connectivity index (χ1v) is 47.3. The predicted octanol–water partition coefficient (Wildman–Crippen LogP) is 23.2. The number of carboxylic acids is 3. The molecule has 3 unspecified atom stereocenters. The van der Waals surface area contributed by atoms with Gasteiger partial charge in [0.05, 0.1) is 38.5 Å². The van der Waals surface area contributed by atoms with Gasteiger partial charge >= 0.3 is 35.7 Å². The largest absolute Gasteiger partial charge is 0.544 e. The molecule has 0 bridgehead atoms. The fourth-order valence-corrected chi connectivity index (χ4v) is 20.5. The molecule has 0 aliphatic heterocycles. The standard InChI is InChI=1S/C22H23S.C19H24F2O5.C18H24F2O6.C18H13S.C18H15S.C14H16F2O5/c1-22(2,3)18-14-16-21(17-15-18)23(19-10-6-4-7-11-19)20-12-8-5-9-13-20;1-12(2)15(19(20,21)17(23)24)25-16(22)13-6-8-14(9-7-13)26-18(3)10-4-5-11-18;1-10(2)14(18(19,20)17(22)23)26-15(21)12-6-8-13(9-7-12)25-16(24-5)11(3)4;1-2-8-14(9-3-1)19-17-12-6-4-10-15(17)16-11-5-7-13-18(16)19;1-4-10-16(11-5-1)19(17-12-6-2-7-13-17)18-14-8-3-9-15-18;1-13(2,3)21-10-6-4-9(5-7-10)11(17)20-8-14(15,16)12(18)19/h4-17H,1-3H3;6-9,12,15H,4-5,10-11H2,1-3H3,(H,23,24);6-11,14,16H,1-5H3,(H,22,23);1-13H;1-15H;4-7H,8H2,1-3H3,(H,18,19)/q+1;;;2*+1;/p-3. The number of methoxy groups -OCH3 is 1.